The molecule has 2 amide bonds. The molecule has 1 saturated carbocycles. The predicted octanol–water partition coefficient (Wildman–Crippen LogP) is 4.73. The molecule has 0 saturated heterocycles. The van der Waals surface area contributed by atoms with Crippen molar-refractivity contribution in [3.8, 4) is 0 Å². The van der Waals surface area contributed by atoms with Gasteiger partial charge in [0.15, 0.2) is 0 Å². The fourth-order valence-electron chi connectivity index (χ4n) is 5.40. The predicted molar refractivity (Wildman–Crippen MR) is 144 cm³/mol. The van der Waals surface area contributed by atoms with E-state index >= 15 is 0 Å². The molecular formula is C30H32N2O6. The van der Waals surface area contributed by atoms with Crippen LogP contribution in [-0.4, -0.2) is 40.0 Å². The lowest BCUT2D eigenvalue weighted by molar-refractivity contribution is -0.155. The van der Waals surface area contributed by atoms with E-state index < -0.39 is 40.6 Å². The zero-order chi connectivity index (χ0) is 27.7. The highest BCUT2D eigenvalue weighted by Gasteiger charge is 2.58. The Balaban J connectivity index is 1.42. The molecule has 1 aliphatic carbocycles. The summed E-state index contributed by atoms with van der Waals surface area (Å²) in [6.07, 6.45) is 0.762. The highest BCUT2D eigenvalue weighted by Crippen LogP contribution is 2.56. The molecule has 0 aromatic heterocycles. The summed E-state index contributed by atoms with van der Waals surface area (Å²) in [5, 5.41) is 26.8. The number of hydrogen-bond donors (Lipinski definition) is 4. The van der Waals surface area contributed by atoms with Gasteiger partial charge in [0.2, 0.25) is 5.91 Å². The van der Waals surface area contributed by atoms with Crippen LogP contribution in [0.1, 0.15) is 49.5 Å². The quantitative estimate of drug-likeness (QED) is 0.342. The Morgan fingerprint density at radius 2 is 1.58 bits per heavy atom. The van der Waals surface area contributed by atoms with Crippen molar-refractivity contribution < 1.29 is 29.4 Å². The Morgan fingerprint density at radius 1 is 0.921 bits per heavy atom. The first-order chi connectivity index (χ1) is 17.9. The molecule has 4 N–H and O–H groups in total. The molecule has 0 spiro atoms. The van der Waals surface area contributed by atoms with Crippen LogP contribution in [0.5, 0.6) is 0 Å². The molecule has 38 heavy (non-hydrogen) atoms. The Bertz CT molecular complexity index is 1390. The van der Waals surface area contributed by atoms with Crippen molar-refractivity contribution in [2.75, 3.05) is 5.32 Å². The molecule has 0 unspecified atom stereocenters. The topological polar surface area (TPSA) is 133 Å². The lowest BCUT2D eigenvalue weighted by atomic mass is 9.65. The number of fused-ring (bicyclic) bond motifs is 1. The fourth-order valence-corrected chi connectivity index (χ4v) is 5.40. The lowest BCUT2D eigenvalue weighted by Crippen LogP contribution is -2.49. The van der Waals surface area contributed by atoms with Crippen LogP contribution >= 0.6 is 0 Å². The van der Waals surface area contributed by atoms with E-state index in [1.807, 2.05) is 36.4 Å². The first kappa shape index (κ1) is 26.9. The lowest BCUT2D eigenvalue weighted by Gasteiger charge is -2.38. The SMILES string of the molecule is CC1(C)[C@@H](C(=O)N[C@@H](Cc2ccc(NC(=O)c3cccc4ccccc34)cc2)C(=O)O)CC[C@@]1(C)C(=O)O. The van der Waals surface area contributed by atoms with E-state index in [4.69, 9.17) is 0 Å². The van der Waals surface area contributed by atoms with Gasteiger partial charge in [0.05, 0.1) is 5.41 Å². The van der Waals surface area contributed by atoms with Gasteiger partial charge < -0.3 is 20.8 Å². The zero-order valence-electron chi connectivity index (χ0n) is 21.7. The van der Waals surface area contributed by atoms with Gasteiger partial charge in [-0.25, -0.2) is 4.79 Å². The second-order valence-corrected chi connectivity index (χ2v) is 10.7. The van der Waals surface area contributed by atoms with E-state index in [0.717, 1.165) is 10.8 Å². The zero-order valence-corrected chi connectivity index (χ0v) is 21.7. The fraction of sp³-hybridized carbons (Fsp3) is 0.333. The molecule has 3 aromatic rings. The molecule has 0 heterocycles. The number of carboxylic acids is 2. The first-order valence-electron chi connectivity index (χ1n) is 12.6. The number of rotatable bonds is 8. The first-order valence-corrected chi connectivity index (χ1v) is 12.6. The average Bonchev–Trinajstić information content (AvgIpc) is 3.13. The number of carboxylic acid groups (broad SMARTS) is 2. The molecule has 0 aliphatic heterocycles. The van der Waals surface area contributed by atoms with Crippen molar-refractivity contribution in [2.45, 2.75) is 46.1 Å². The molecule has 1 aliphatic rings. The summed E-state index contributed by atoms with van der Waals surface area (Å²) in [4.78, 5) is 49.8. The van der Waals surface area contributed by atoms with Gasteiger partial charge in [0.1, 0.15) is 6.04 Å². The summed E-state index contributed by atoms with van der Waals surface area (Å²) in [7, 11) is 0. The van der Waals surface area contributed by atoms with Gasteiger partial charge >= 0.3 is 11.9 Å². The number of nitrogens with one attached hydrogen (secondary N) is 2. The number of anilines is 1. The molecule has 1 fully saturated rings. The van der Waals surface area contributed by atoms with Crippen LogP contribution in [0.3, 0.4) is 0 Å². The van der Waals surface area contributed by atoms with Gasteiger partial charge in [-0.05, 0) is 59.7 Å². The molecule has 8 nitrogen and oxygen atoms in total. The number of benzene rings is 3. The largest absolute Gasteiger partial charge is 0.481 e. The van der Waals surface area contributed by atoms with E-state index in [2.05, 4.69) is 10.6 Å². The average molecular weight is 517 g/mol. The van der Waals surface area contributed by atoms with Gasteiger partial charge in [-0.1, -0.05) is 62.4 Å². The maximum Gasteiger partial charge on any atom is 0.326 e. The van der Waals surface area contributed by atoms with Crippen molar-refractivity contribution in [1.82, 2.24) is 5.32 Å². The number of carbonyl (C=O) groups excluding carboxylic acids is 2. The van der Waals surface area contributed by atoms with Crippen LogP contribution in [0.25, 0.3) is 10.8 Å². The van der Waals surface area contributed by atoms with E-state index in [0.29, 0.717) is 29.7 Å². The van der Waals surface area contributed by atoms with Crippen molar-refractivity contribution in [3.63, 3.8) is 0 Å². The van der Waals surface area contributed by atoms with E-state index in [-0.39, 0.29) is 12.3 Å². The smallest absolute Gasteiger partial charge is 0.326 e. The third kappa shape index (κ3) is 4.98. The van der Waals surface area contributed by atoms with E-state index in [9.17, 15) is 29.4 Å². The van der Waals surface area contributed by atoms with Crippen LogP contribution in [0, 0.1) is 16.7 Å². The Hall–Kier alpha value is -4.20. The Morgan fingerprint density at radius 3 is 2.21 bits per heavy atom. The van der Waals surface area contributed by atoms with Gasteiger partial charge in [-0.15, -0.1) is 0 Å². The van der Waals surface area contributed by atoms with E-state index in [1.165, 1.54) is 0 Å². The Kier molecular flexibility index (Phi) is 7.26. The van der Waals surface area contributed by atoms with Crippen LogP contribution in [-0.2, 0) is 20.8 Å². The molecule has 8 heteroatoms. The number of amides is 2. The summed E-state index contributed by atoms with van der Waals surface area (Å²) in [5.41, 5.74) is -0.129. The monoisotopic (exact) mass is 516 g/mol. The number of aliphatic carboxylic acids is 2. The minimum atomic E-state index is -1.18. The third-order valence-corrected chi connectivity index (χ3v) is 8.32. The normalized spacial score (nSPS) is 21.0. The highest BCUT2D eigenvalue weighted by molar-refractivity contribution is 6.12. The minimum absolute atomic E-state index is 0.0436. The summed E-state index contributed by atoms with van der Waals surface area (Å²) in [6.45, 7) is 5.14. The minimum Gasteiger partial charge on any atom is -0.481 e. The molecule has 198 valence electrons. The van der Waals surface area contributed by atoms with Crippen LogP contribution in [0.2, 0.25) is 0 Å². The van der Waals surface area contributed by atoms with Gasteiger partial charge in [0.25, 0.3) is 5.91 Å². The number of carbonyl (C=O) groups is 4. The molecule has 4 rings (SSSR count). The molecular weight excluding hydrogens is 484 g/mol. The summed E-state index contributed by atoms with van der Waals surface area (Å²) in [6, 6.07) is 18.8. The summed E-state index contributed by atoms with van der Waals surface area (Å²) < 4.78 is 0. The molecule has 0 bridgehead atoms. The number of hydrogen-bond acceptors (Lipinski definition) is 4. The van der Waals surface area contributed by atoms with Crippen LogP contribution < -0.4 is 10.6 Å². The highest BCUT2D eigenvalue weighted by atomic mass is 16.4. The maximum atomic E-state index is 13.1. The van der Waals surface area contributed by atoms with Crippen LogP contribution in [0.15, 0.2) is 66.7 Å². The summed E-state index contributed by atoms with van der Waals surface area (Å²) in [5.74, 6) is -3.45. The van der Waals surface area contributed by atoms with Gasteiger partial charge in [-0.2, -0.15) is 0 Å². The third-order valence-electron chi connectivity index (χ3n) is 8.32. The molecule has 0 radical (unpaired) electrons. The second-order valence-electron chi connectivity index (χ2n) is 10.7. The van der Waals surface area contributed by atoms with Gasteiger partial charge in [-0.3, -0.25) is 14.4 Å². The Labute approximate surface area is 221 Å². The van der Waals surface area contributed by atoms with Crippen molar-refractivity contribution >= 4 is 40.2 Å². The van der Waals surface area contributed by atoms with Crippen molar-refractivity contribution in [3.05, 3.63) is 77.9 Å². The van der Waals surface area contributed by atoms with Crippen molar-refractivity contribution in [1.29, 1.82) is 0 Å². The summed E-state index contributed by atoms with van der Waals surface area (Å²) >= 11 is 0. The molecule has 3 atom stereocenters. The van der Waals surface area contributed by atoms with Crippen molar-refractivity contribution in [2.24, 2.45) is 16.7 Å². The van der Waals surface area contributed by atoms with E-state index in [1.54, 1.807) is 51.1 Å². The van der Waals surface area contributed by atoms with Gasteiger partial charge in [0, 0.05) is 23.6 Å². The standard InChI is InChI=1S/C30H32N2O6/c1-29(2)23(15-16-30(29,3)28(37)38)26(34)32-24(27(35)36)17-18-11-13-20(14-12-18)31-25(33)22-10-6-8-19-7-4-5-9-21(19)22/h4-14,23-24H,15-17H2,1-3H3,(H,31,33)(H,32,34)(H,35,36)(H,37,38)/t23-,24+,30+/m1/s1. The molecule has 3 aromatic carbocycles. The maximum absolute atomic E-state index is 13.1. The van der Waals surface area contributed by atoms with Crippen LogP contribution in [0.4, 0.5) is 5.69 Å². The second kappa shape index (κ2) is 10.3.